The molecular formula is C99H82N36. The van der Waals surface area contributed by atoms with Gasteiger partial charge in [0.05, 0.1) is 86.0 Å². The fourth-order valence-corrected chi connectivity index (χ4v) is 16.0. The van der Waals surface area contributed by atoms with Crippen molar-refractivity contribution in [1.29, 1.82) is 0 Å². The van der Waals surface area contributed by atoms with Crippen LogP contribution in [-0.4, -0.2) is 206 Å². The van der Waals surface area contributed by atoms with E-state index >= 15 is 0 Å². The summed E-state index contributed by atoms with van der Waals surface area (Å²) in [7, 11) is 8.07. The second-order valence-corrected chi connectivity index (χ2v) is 32.7. The van der Waals surface area contributed by atoms with Gasteiger partial charge in [-0.15, -0.1) is 0 Å². The number of nitrogens with one attached hydrogen (secondary N) is 10. The lowest BCUT2D eigenvalue weighted by Gasteiger charge is -2.12. The minimum absolute atomic E-state index is 0.317. The van der Waals surface area contributed by atoms with Crippen LogP contribution >= 0.6 is 0 Å². The Morgan fingerprint density at radius 2 is 0.622 bits per heavy atom. The van der Waals surface area contributed by atoms with Crippen LogP contribution < -0.4 is 15.5 Å². The monoisotopic (exact) mass is 1770 g/mol. The lowest BCUT2D eigenvalue weighted by atomic mass is 10.1. The third-order valence-corrected chi connectivity index (χ3v) is 22.5. The molecule has 24 aromatic rings. The summed E-state index contributed by atoms with van der Waals surface area (Å²) >= 11 is 0. The molecule has 0 aromatic carbocycles. The summed E-state index contributed by atoms with van der Waals surface area (Å²) < 4.78 is 0. The minimum atomic E-state index is 0.317. The number of anilines is 2. The predicted octanol–water partition coefficient (Wildman–Crippen LogP) is 17.1. The van der Waals surface area contributed by atoms with E-state index in [1.165, 1.54) is 0 Å². The van der Waals surface area contributed by atoms with Crippen LogP contribution in [0.2, 0.25) is 0 Å². The lowest BCUT2D eigenvalue weighted by molar-refractivity contribution is 0.402. The molecule has 0 saturated heterocycles. The van der Waals surface area contributed by atoms with E-state index in [1.807, 2.05) is 193 Å². The molecule has 135 heavy (non-hydrogen) atoms. The Kier molecular flexibility index (Phi) is 22.7. The molecule has 24 heterocycles. The zero-order valence-corrected chi connectivity index (χ0v) is 73.7. The van der Waals surface area contributed by atoms with E-state index in [0.717, 1.165) is 220 Å². The smallest absolute Gasteiger partial charge is 0.181 e. The van der Waals surface area contributed by atoms with Crippen LogP contribution in [-0.2, 0) is 13.1 Å². The lowest BCUT2D eigenvalue weighted by Crippen LogP contribution is -2.11. The summed E-state index contributed by atoms with van der Waals surface area (Å²) in [4.78, 5) is 107. The summed E-state index contributed by atoms with van der Waals surface area (Å²) in [5, 5.41) is 40.2. The summed E-state index contributed by atoms with van der Waals surface area (Å²) in [6.07, 6.45) is 50.6. The maximum Gasteiger partial charge on any atom is 0.181 e. The van der Waals surface area contributed by atoms with Crippen molar-refractivity contribution in [2.45, 2.75) is 39.9 Å². The Hall–Kier alpha value is -18.3. The predicted molar refractivity (Wildman–Crippen MR) is 521 cm³/mol. The first-order valence-electron chi connectivity index (χ1n) is 43.2. The van der Waals surface area contributed by atoms with Crippen LogP contribution in [0.3, 0.4) is 0 Å². The zero-order chi connectivity index (χ0) is 91.4. The van der Waals surface area contributed by atoms with Crippen molar-refractivity contribution < 1.29 is 0 Å². The van der Waals surface area contributed by atoms with Crippen LogP contribution in [0.1, 0.15) is 31.9 Å². The highest BCUT2D eigenvalue weighted by Gasteiger charge is 2.24. The van der Waals surface area contributed by atoms with Crippen molar-refractivity contribution in [3.8, 4) is 135 Å². The topological polar surface area (TPSA) is 466 Å². The van der Waals surface area contributed by atoms with E-state index < -0.39 is 0 Å². The minimum Gasteiger partial charge on any atom is -0.382 e. The van der Waals surface area contributed by atoms with Gasteiger partial charge >= 0.3 is 0 Å². The number of H-pyrrole nitrogens is 8. The van der Waals surface area contributed by atoms with Gasteiger partial charge in [0.25, 0.3) is 0 Å². The first-order valence-corrected chi connectivity index (χ1v) is 43.2. The largest absolute Gasteiger partial charge is 0.382 e. The quantitative estimate of drug-likeness (QED) is 0.0339. The molecule has 10 N–H and O–H groups in total. The first-order chi connectivity index (χ1) is 66.3. The molecule has 24 aromatic heterocycles. The van der Waals surface area contributed by atoms with Gasteiger partial charge < -0.3 is 40.4 Å². The Morgan fingerprint density at radius 1 is 0.311 bits per heavy atom. The molecule has 0 atom stereocenters. The number of nitrogens with zero attached hydrogens (tertiary/aromatic N) is 26. The van der Waals surface area contributed by atoms with Crippen LogP contribution in [0.15, 0.2) is 271 Å². The number of fused-ring (bicyclic) bond motifs is 8. The maximum atomic E-state index is 4.89. The van der Waals surface area contributed by atoms with Gasteiger partial charge in [0, 0.05) is 265 Å². The second-order valence-electron chi connectivity index (χ2n) is 32.7. The number of aromatic nitrogens is 32. The number of pyridine rings is 16. The van der Waals surface area contributed by atoms with Gasteiger partial charge in [0.15, 0.2) is 45.9 Å². The van der Waals surface area contributed by atoms with Crippen molar-refractivity contribution in [1.82, 2.24) is 171 Å². The molecule has 0 bridgehead atoms. The van der Waals surface area contributed by atoms with E-state index in [-0.39, 0.29) is 0 Å². The van der Waals surface area contributed by atoms with Gasteiger partial charge in [0.1, 0.15) is 44.8 Å². The fraction of sp³-hybridized carbons (Fsp3) is 0.111. The maximum absolute atomic E-state index is 4.89. The van der Waals surface area contributed by atoms with Crippen LogP contribution in [0, 0.1) is 0 Å². The van der Waals surface area contributed by atoms with Gasteiger partial charge in [0.2, 0.25) is 0 Å². The molecule has 0 aliphatic heterocycles. The van der Waals surface area contributed by atoms with Gasteiger partial charge in [-0.1, -0.05) is 31.2 Å². The molecule has 24 rings (SSSR count). The van der Waals surface area contributed by atoms with E-state index in [4.69, 9.17) is 19.9 Å². The van der Waals surface area contributed by atoms with E-state index in [9.17, 15) is 0 Å². The molecule has 0 spiro atoms. The highest BCUT2D eigenvalue weighted by Crippen LogP contribution is 2.39. The second kappa shape index (κ2) is 36.7. The van der Waals surface area contributed by atoms with E-state index in [1.54, 1.807) is 62.0 Å². The molecule has 0 aliphatic rings. The van der Waals surface area contributed by atoms with Crippen molar-refractivity contribution >= 4 is 99.6 Å². The Labute approximate surface area is 767 Å². The molecule has 0 fully saturated rings. The van der Waals surface area contributed by atoms with Crippen molar-refractivity contribution in [3.63, 3.8) is 0 Å². The molecule has 36 heteroatoms. The number of hydrogen-bond donors (Lipinski definition) is 10. The van der Waals surface area contributed by atoms with E-state index in [2.05, 4.69) is 225 Å². The fourth-order valence-electron chi connectivity index (χ4n) is 16.0. The Morgan fingerprint density at radius 3 is 0.956 bits per heavy atom. The van der Waals surface area contributed by atoms with E-state index in [0.29, 0.717) is 51.9 Å². The molecule has 658 valence electrons. The summed E-state index contributed by atoms with van der Waals surface area (Å²) in [6, 6.07) is 32.6. The van der Waals surface area contributed by atoms with Crippen LogP contribution in [0.5, 0.6) is 0 Å². The first kappa shape index (κ1) is 83.6. The number of hydrogen-bond acceptors (Lipinski definition) is 28. The molecule has 0 radical (unpaired) electrons. The molecule has 0 amide bonds. The third-order valence-electron chi connectivity index (χ3n) is 22.5. The number of aromatic amines is 8. The highest BCUT2D eigenvalue weighted by molar-refractivity contribution is 6.02. The van der Waals surface area contributed by atoms with Crippen molar-refractivity contribution in [3.05, 3.63) is 282 Å². The third kappa shape index (κ3) is 17.3. The van der Waals surface area contributed by atoms with Crippen molar-refractivity contribution in [2.75, 3.05) is 45.0 Å². The summed E-state index contributed by atoms with van der Waals surface area (Å²) in [5.41, 5.74) is 31.8. The Balaban J connectivity index is 0.000000108. The van der Waals surface area contributed by atoms with Crippen LogP contribution in [0.25, 0.3) is 223 Å². The highest BCUT2D eigenvalue weighted by atomic mass is 15.2. The summed E-state index contributed by atoms with van der Waals surface area (Å²) in [5.74, 6) is 2.69. The SMILES string of the molecule is CC(C)Nc1cncc(-c2cnc3n[nH]c(-c4nc5c(-c6cccnc6)cncc5[nH]4)c3c2)c1.CCNCc1cncc(-c2cnc3n[nH]c(-c4nc5c(-c6cccnc6)cncc5[nH]4)c3c2)c1.CN(C)Cc1cncc(-c2cnc3n[nH]c(-c4nc5c(-c6cccnc6)cncc5[nH]4)c3c2)c1.CN(C)c1cncc(-c2cnc3n[nH]c(-c4nc5c(-c6cccnc6)cncc5[nH]4)c3c2)c1. The van der Waals surface area contributed by atoms with Gasteiger partial charge in [-0.05, 0) is 118 Å². The van der Waals surface area contributed by atoms with Crippen LogP contribution in [0.4, 0.5) is 11.4 Å². The average Bonchev–Trinajstić information content (AvgIpc) is 1.63. The number of imidazole rings is 4. The molecular weight excluding hydrogens is 1690 g/mol. The average molecular weight is 1780 g/mol. The summed E-state index contributed by atoms with van der Waals surface area (Å²) in [6.45, 7) is 8.78. The van der Waals surface area contributed by atoms with Gasteiger partial charge in [-0.3, -0.25) is 80.2 Å². The van der Waals surface area contributed by atoms with Gasteiger partial charge in [-0.25, -0.2) is 39.9 Å². The molecule has 0 saturated carbocycles. The molecule has 0 unspecified atom stereocenters. The van der Waals surface area contributed by atoms with Gasteiger partial charge in [-0.2, -0.15) is 20.4 Å². The molecule has 0 aliphatic carbocycles. The standard InChI is InChI=1S/3C25H21N9.C24H19N9/c1-34(2)14-15-6-17(10-27-8-15)18-7-19-23(32-33-24(19)29-11-18)25-30-21-13-28-12-20(22(21)31-25)16-4-3-5-26-9-16;1-14(2)30-18-6-16(9-27-11-18)17-7-19-23(33-34-24(19)29-10-17)25-31-21-13-28-12-20(22(21)32-25)15-4-3-5-26-8-15;1-2-26-8-15-6-17(11-28-9-15)18-7-19-23(33-34-24(19)30-12-18)25-31-21-14-29-13-20(22(21)32-25)16-4-3-5-27-10-16;1-33(2)17-6-15(9-26-11-17)16-7-18-22(31-32-23(18)28-10-16)24-29-20-13-27-12-19(21(20)30-24)14-4-3-5-25-8-14/h3-13H,14H2,1-2H3,(H,30,31)(H,29,32,33);3-14,30H,1-2H3,(H,31,32)(H,29,33,34);3-7,9-14,26H,2,8H2,1H3,(H,31,32)(H,30,33,34);3-13H,1-2H3,(H,29,30)(H,28,31,32). The normalized spacial score (nSPS) is 11.5. The zero-order valence-electron chi connectivity index (χ0n) is 73.7. The Bertz CT molecular complexity index is 8140. The van der Waals surface area contributed by atoms with Crippen molar-refractivity contribution in [2.24, 2.45) is 0 Å². The molecule has 36 nitrogen and oxygen atoms in total. The number of rotatable bonds is 20.